The van der Waals surface area contributed by atoms with Crippen LogP contribution in [0.1, 0.15) is 0 Å². The van der Waals surface area contributed by atoms with Crippen LogP contribution in [-0.4, -0.2) is 32.3 Å². The molecule has 1 aromatic carbocycles. The van der Waals surface area contributed by atoms with Crippen molar-refractivity contribution in [3.63, 3.8) is 0 Å². The first-order valence-electron chi connectivity index (χ1n) is 5.57. The Labute approximate surface area is 113 Å². The molecule has 0 aliphatic carbocycles. The molecule has 0 spiro atoms. The third-order valence-electron chi connectivity index (χ3n) is 2.74. The molecule has 0 N–H and O–H groups in total. The van der Waals surface area contributed by atoms with Gasteiger partial charge in [-0.25, -0.2) is 8.42 Å². The average molecular weight is 305 g/mol. The molecule has 0 bridgehead atoms. The summed E-state index contributed by atoms with van der Waals surface area (Å²) >= 11 is 0. The lowest BCUT2D eigenvalue weighted by Gasteiger charge is -2.28. The van der Waals surface area contributed by atoms with Gasteiger partial charge in [-0.15, -0.1) is 0 Å². The highest BCUT2D eigenvalue weighted by Crippen LogP contribution is 2.28. The Hall–Kier alpha value is -1.83. The van der Waals surface area contributed by atoms with E-state index >= 15 is 0 Å². The number of benzene rings is 1. The summed E-state index contributed by atoms with van der Waals surface area (Å²) in [5.74, 6) is -2.64. The van der Waals surface area contributed by atoms with Crippen molar-refractivity contribution in [3.8, 4) is 0 Å². The van der Waals surface area contributed by atoms with E-state index in [1.165, 1.54) is 24.3 Å². The molecule has 0 unspecified atom stereocenters. The number of halogens is 3. The standard InChI is InChI=1S/C12H10F3NO3S/c13-12(14,15)11(17)16(9-4-2-1-3-5-9)10-6-7-20(18,19)8-10/h1-7,10H,8H2/t10-/m1/s1. The molecule has 1 aliphatic rings. The zero-order chi connectivity index (χ0) is 15.0. The fourth-order valence-electron chi connectivity index (χ4n) is 1.90. The fraction of sp³-hybridized carbons (Fsp3) is 0.250. The Morgan fingerprint density at radius 2 is 1.80 bits per heavy atom. The predicted octanol–water partition coefficient (Wildman–Crippen LogP) is 1.89. The molecule has 8 heteroatoms. The number of carbonyl (C=O) groups excluding carboxylic acids is 1. The number of rotatable bonds is 2. The van der Waals surface area contributed by atoms with Gasteiger partial charge in [0, 0.05) is 11.1 Å². The molecular formula is C12H10F3NO3S. The lowest BCUT2D eigenvalue weighted by atomic mass is 10.2. The third kappa shape index (κ3) is 3.01. The van der Waals surface area contributed by atoms with Gasteiger partial charge in [-0.2, -0.15) is 13.2 Å². The normalized spacial score (nSPS) is 20.9. The lowest BCUT2D eigenvalue weighted by molar-refractivity contribution is -0.170. The summed E-state index contributed by atoms with van der Waals surface area (Å²) in [6.45, 7) is 0. The lowest BCUT2D eigenvalue weighted by Crippen LogP contribution is -2.47. The summed E-state index contributed by atoms with van der Waals surface area (Å²) < 4.78 is 60.7. The highest BCUT2D eigenvalue weighted by Gasteiger charge is 2.46. The minimum Gasteiger partial charge on any atom is -0.297 e. The maximum absolute atomic E-state index is 12.7. The second kappa shape index (κ2) is 4.93. The second-order valence-corrected chi connectivity index (χ2v) is 6.17. The van der Waals surface area contributed by atoms with Crippen molar-refractivity contribution in [1.29, 1.82) is 0 Å². The molecule has 0 aromatic heterocycles. The van der Waals surface area contributed by atoms with Gasteiger partial charge in [0.25, 0.3) is 0 Å². The summed E-state index contributed by atoms with van der Waals surface area (Å²) in [5, 5.41) is 0.831. The Morgan fingerprint density at radius 1 is 1.20 bits per heavy atom. The number of sulfone groups is 1. The molecule has 108 valence electrons. The van der Waals surface area contributed by atoms with Crippen molar-refractivity contribution in [3.05, 3.63) is 41.8 Å². The maximum Gasteiger partial charge on any atom is 0.471 e. The average Bonchev–Trinajstić information content (AvgIpc) is 2.70. The van der Waals surface area contributed by atoms with Gasteiger partial charge >= 0.3 is 12.1 Å². The molecule has 0 saturated heterocycles. The van der Waals surface area contributed by atoms with E-state index < -0.39 is 33.7 Å². The van der Waals surface area contributed by atoms with Gasteiger partial charge in [-0.05, 0) is 18.2 Å². The quantitative estimate of drug-likeness (QED) is 0.838. The van der Waals surface area contributed by atoms with Gasteiger partial charge in [-0.1, -0.05) is 18.2 Å². The van der Waals surface area contributed by atoms with Crippen LogP contribution in [0.4, 0.5) is 18.9 Å². The van der Waals surface area contributed by atoms with Gasteiger partial charge in [0.15, 0.2) is 9.84 Å². The number of hydrogen-bond donors (Lipinski definition) is 0. The first-order valence-corrected chi connectivity index (χ1v) is 7.29. The van der Waals surface area contributed by atoms with Crippen molar-refractivity contribution >= 4 is 21.4 Å². The number of amides is 1. The molecule has 1 aliphatic heterocycles. The van der Waals surface area contributed by atoms with E-state index in [2.05, 4.69) is 0 Å². The van der Waals surface area contributed by atoms with Crippen molar-refractivity contribution in [2.75, 3.05) is 10.7 Å². The van der Waals surface area contributed by atoms with Crippen LogP contribution < -0.4 is 4.90 Å². The molecule has 1 heterocycles. The van der Waals surface area contributed by atoms with Gasteiger partial charge in [0.05, 0.1) is 11.8 Å². The molecule has 1 atom stereocenters. The largest absolute Gasteiger partial charge is 0.471 e. The van der Waals surface area contributed by atoms with Crippen LogP contribution in [0.25, 0.3) is 0 Å². The van der Waals surface area contributed by atoms with E-state index in [0.29, 0.717) is 4.90 Å². The first kappa shape index (κ1) is 14.6. The van der Waals surface area contributed by atoms with Crippen LogP contribution in [0.15, 0.2) is 41.8 Å². The van der Waals surface area contributed by atoms with E-state index in [0.717, 1.165) is 11.5 Å². The third-order valence-corrected chi connectivity index (χ3v) is 4.12. The summed E-state index contributed by atoms with van der Waals surface area (Å²) in [4.78, 5) is 12.0. The molecule has 4 nitrogen and oxygen atoms in total. The van der Waals surface area contributed by atoms with E-state index in [9.17, 15) is 26.4 Å². The fourth-order valence-corrected chi connectivity index (χ4v) is 3.17. The Kier molecular flexibility index (Phi) is 3.59. The van der Waals surface area contributed by atoms with Gasteiger partial charge in [0.2, 0.25) is 0 Å². The summed E-state index contributed by atoms with van der Waals surface area (Å²) in [6.07, 6.45) is -3.98. The maximum atomic E-state index is 12.7. The van der Waals surface area contributed by atoms with Crippen molar-refractivity contribution in [2.45, 2.75) is 12.2 Å². The number of anilines is 1. The predicted molar refractivity (Wildman–Crippen MR) is 66.7 cm³/mol. The van der Waals surface area contributed by atoms with Crippen molar-refractivity contribution in [2.24, 2.45) is 0 Å². The monoisotopic (exact) mass is 305 g/mol. The molecule has 1 amide bonds. The number of alkyl halides is 3. The number of hydrogen-bond acceptors (Lipinski definition) is 3. The number of carbonyl (C=O) groups is 1. The molecule has 0 saturated carbocycles. The number of nitrogens with zero attached hydrogens (tertiary/aromatic N) is 1. The van der Waals surface area contributed by atoms with Crippen LogP contribution in [0, 0.1) is 0 Å². The topological polar surface area (TPSA) is 54.5 Å². The summed E-state index contributed by atoms with van der Waals surface area (Å²) in [5.41, 5.74) is 0.00146. The highest BCUT2D eigenvalue weighted by atomic mass is 32.2. The van der Waals surface area contributed by atoms with Crippen LogP contribution in [0.2, 0.25) is 0 Å². The Bertz CT molecular complexity index is 638. The molecule has 0 radical (unpaired) electrons. The van der Waals surface area contributed by atoms with Crippen LogP contribution in [0.5, 0.6) is 0 Å². The molecule has 20 heavy (non-hydrogen) atoms. The van der Waals surface area contributed by atoms with Crippen molar-refractivity contribution < 1.29 is 26.4 Å². The zero-order valence-corrected chi connectivity index (χ0v) is 10.9. The Morgan fingerprint density at radius 3 is 2.25 bits per heavy atom. The SMILES string of the molecule is O=C(N(c1ccccc1)[C@@H]1C=CS(=O)(=O)C1)C(F)(F)F. The molecular weight excluding hydrogens is 295 g/mol. The van der Waals surface area contributed by atoms with Gasteiger partial charge in [-0.3, -0.25) is 9.69 Å². The first-order chi connectivity index (χ1) is 9.21. The smallest absolute Gasteiger partial charge is 0.297 e. The van der Waals surface area contributed by atoms with E-state index in [1.807, 2.05) is 0 Å². The number of para-hydroxylation sites is 1. The minimum absolute atomic E-state index is 0.00146. The van der Waals surface area contributed by atoms with Gasteiger partial charge in [0.1, 0.15) is 0 Å². The van der Waals surface area contributed by atoms with Crippen LogP contribution in [-0.2, 0) is 14.6 Å². The van der Waals surface area contributed by atoms with Crippen LogP contribution in [0.3, 0.4) is 0 Å². The van der Waals surface area contributed by atoms with E-state index in [1.54, 1.807) is 6.07 Å². The second-order valence-electron chi connectivity index (χ2n) is 4.23. The summed E-state index contributed by atoms with van der Waals surface area (Å²) in [6, 6.07) is 6.01. The van der Waals surface area contributed by atoms with Crippen LogP contribution >= 0.6 is 0 Å². The molecule has 1 aromatic rings. The highest BCUT2D eigenvalue weighted by molar-refractivity contribution is 7.94. The Balaban J connectivity index is 2.42. The van der Waals surface area contributed by atoms with Crippen molar-refractivity contribution in [1.82, 2.24) is 0 Å². The molecule has 0 fully saturated rings. The van der Waals surface area contributed by atoms with E-state index in [-0.39, 0.29) is 5.69 Å². The molecule has 2 rings (SSSR count). The minimum atomic E-state index is -5.07. The van der Waals surface area contributed by atoms with E-state index in [4.69, 9.17) is 0 Å². The zero-order valence-electron chi connectivity index (χ0n) is 10.0. The van der Waals surface area contributed by atoms with Gasteiger partial charge < -0.3 is 0 Å². The summed E-state index contributed by atoms with van der Waals surface area (Å²) in [7, 11) is -3.57.